The highest BCUT2D eigenvalue weighted by atomic mass is 16.7. The third-order valence-corrected chi connectivity index (χ3v) is 5.43. The molecule has 2 aliphatic rings. The predicted molar refractivity (Wildman–Crippen MR) is 76.7 cm³/mol. The Hall–Kier alpha value is -1.02. The van der Waals surface area contributed by atoms with Gasteiger partial charge in [-0.25, -0.2) is 0 Å². The molecular formula is C16H22O6. The quantitative estimate of drug-likeness (QED) is 0.497. The Morgan fingerprint density at radius 3 is 2.27 bits per heavy atom. The third kappa shape index (κ3) is 1.55. The molecule has 0 amide bonds. The van der Waals surface area contributed by atoms with Crippen molar-refractivity contribution >= 4 is 0 Å². The first kappa shape index (κ1) is 15.9. The maximum Gasteiger partial charge on any atom is 0.207 e. The van der Waals surface area contributed by atoms with Gasteiger partial charge in [-0.15, -0.1) is 0 Å². The average Bonchev–Trinajstić information content (AvgIpc) is 2.73. The molecule has 1 aromatic carbocycles. The Labute approximate surface area is 128 Å². The molecule has 1 aliphatic heterocycles. The molecule has 5 N–H and O–H groups in total. The summed E-state index contributed by atoms with van der Waals surface area (Å²) in [4.78, 5) is 0. The number of hydrogen-bond acceptors (Lipinski definition) is 6. The van der Waals surface area contributed by atoms with Gasteiger partial charge in [-0.2, -0.15) is 0 Å². The zero-order valence-electron chi connectivity index (χ0n) is 12.6. The lowest BCUT2D eigenvalue weighted by Gasteiger charge is -2.39. The van der Waals surface area contributed by atoms with Crippen molar-refractivity contribution < 1.29 is 30.3 Å². The molecule has 22 heavy (non-hydrogen) atoms. The topological polar surface area (TPSA) is 110 Å². The summed E-state index contributed by atoms with van der Waals surface area (Å²) in [5, 5.41) is 51.8. The molecule has 1 saturated carbocycles. The minimum atomic E-state index is -1.95. The van der Waals surface area contributed by atoms with Crippen LogP contribution >= 0.6 is 0 Å². The molecular weight excluding hydrogens is 288 g/mol. The number of ether oxygens (including phenoxy) is 1. The van der Waals surface area contributed by atoms with Crippen LogP contribution in [-0.2, 0) is 11.2 Å². The Morgan fingerprint density at radius 2 is 1.73 bits per heavy atom. The molecule has 5 atom stereocenters. The molecule has 0 spiro atoms. The zero-order chi connectivity index (χ0) is 16.4. The molecule has 1 aromatic rings. The van der Waals surface area contributed by atoms with E-state index in [0.29, 0.717) is 0 Å². The lowest BCUT2D eigenvalue weighted by Crippen LogP contribution is -2.59. The first-order valence-corrected chi connectivity index (χ1v) is 7.33. The number of benzene rings is 1. The molecule has 122 valence electrons. The van der Waals surface area contributed by atoms with Crippen molar-refractivity contribution in [3.63, 3.8) is 0 Å². The number of rotatable bonds is 4. The SMILES string of the molecule is CC1(C)[C@@]2(O)[C@@](O)(Cc3ccccc3)[C@@H]([C@H](O)CO)O[C@@]12O. The van der Waals surface area contributed by atoms with Gasteiger partial charge in [-0.05, 0) is 5.56 Å². The summed E-state index contributed by atoms with van der Waals surface area (Å²) in [5.74, 6) is -1.95. The van der Waals surface area contributed by atoms with Crippen molar-refractivity contribution in [2.45, 2.75) is 49.5 Å². The van der Waals surface area contributed by atoms with Crippen LogP contribution < -0.4 is 0 Å². The summed E-state index contributed by atoms with van der Waals surface area (Å²) >= 11 is 0. The summed E-state index contributed by atoms with van der Waals surface area (Å²) in [6.45, 7) is 2.53. The van der Waals surface area contributed by atoms with Crippen LogP contribution in [0.4, 0.5) is 0 Å². The van der Waals surface area contributed by atoms with E-state index in [9.17, 15) is 25.5 Å². The second-order valence-electron chi connectivity index (χ2n) is 6.85. The number of hydrogen-bond donors (Lipinski definition) is 5. The van der Waals surface area contributed by atoms with Crippen LogP contribution in [0.3, 0.4) is 0 Å². The van der Waals surface area contributed by atoms with E-state index in [-0.39, 0.29) is 6.42 Å². The number of aliphatic hydroxyl groups is 5. The molecule has 6 heteroatoms. The zero-order valence-corrected chi connectivity index (χ0v) is 12.6. The van der Waals surface area contributed by atoms with E-state index >= 15 is 0 Å². The van der Waals surface area contributed by atoms with Crippen molar-refractivity contribution in [2.24, 2.45) is 5.41 Å². The molecule has 0 radical (unpaired) electrons. The highest BCUT2D eigenvalue weighted by molar-refractivity contribution is 5.41. The van der Waals surface area contributed by atoms with E-state index in [4.69, 9.17) is 4.74 Å². The summed E-state index contributed by atoms with van der Waals surface area (Å²) in [7, 11) is 0. The van der Waals surface area contributed by atoms with E-state index in [0.717, 1.165) is 5.56 Å². The van der Waals surface area contributed by atoms with E-state index in [1.54, 1.807) is 38.1 Å². The Balaban J connectivity index is 2.03. The molecule has 2 fully saturated rings. The van der Waals surface area contributed by atoms with Gasteiger partial charge in [0.15, 0.2) is 5.60 Å². The third-order valence-electron chi connectivity index (χ3n) is 5.43. The first-order valence-electron chi connectivity index (χ1n) is 7.33. The summed E-state index contributed by atoms with van der Waals surface area (Å²) in [6.07, 6.45) is -2.72. The smallest absolute Gasteiger partial charge is 0.207 e. The molecule has 0 bridgehead atoms. The average molecular weight is 310 g/mol. The molecule has 3 rings (SSSR count). The van der Waals surface area contributed by atoms with Crippen LogP contribution in [0, 0.1) is 5.41 Å². The minimum Gasteiger partial charge on any atom is -0.394 e. The second kappa shape index (κ2) is 4.50. The lowest BCUT2D eigenvalue weighted by atomic mass is 9.77. The number of aliphatic hydroxyl groups excluding tert-OH is 2. The van der Waals surface area contributed by atoms with Gasteiger partial charge in [0.2, 0.25) is 5.79 Å². The van der Waals surface area contributed by atoms with Gasteiger partial charge in [-0.3, -0.25) is 0 Å². The van der Waals surface area contributed by atoms with E-state index in [1.165, 1.54) is 0 Å². The maximum absolute atomic E-state index is 11.2. The van der Waals surface area contributed by atoms with Gasteiger partial charge < -0.3 is 30.3 Å². The van der Waals surface area contributed by atoms with Crippen LogP contribution in [-0.4, -0.2) is 61.3 Å². The van der Waals surface area contributed by atoms with Crippen LogP contribution in [0.2, 0.25) is 0 Å². The van der Waals surface area contributed by atoms with Gasteiger partial charge in [0, 0.05) is 6.42 Å². The summed E-state index contributed by atoms with van der Waals surface area (Å²) in [6, 6.07) is 8.96. The van der Waals surface area contributed by atoms with E-state index in [2.05, 4.69) is 0 Å². The molecule has 1 heterocycles. The number of fused-ring (bicyclic) bond motifs is 1. The first-order chi connectivity index (χ1) is 10.2. The monoisotopic (exact) mass is 310 g/mol. The standard InChI is InChI=1S/C16H22O6/c1-13(2)15(20)14(19,8-10-6-4-3-5-7-10)12(11(18)9-17)22-16(13,15)21/h3-7,11-12,17-21H,8-9H2,1-2H3/t11-,12-,14-,15-,16+/m1/s1. The van der Waals surface area contributed by atoms with Crippen molar-refractivity contribution in [1.29, 1.82) is 0 Å². The fourth-order valence-corrected chi connectivity index (χ4v) is 3.97. The molecule has 1 aliphatic carbocycles. The van der Waals surface area contributed by atoms with Gasteiger partial charge in [0.05, 0.1) is 12.0 Å². The largest absolute Gasteiger partial charge is 0.394 e. The van der Waals surface area contributed by atoms with Gasteiger partial charge in [0.1, 0.15) is 17.8 Å². The van der Waals surface area contributed by atoms with Gasteiger partial charge in [0.25, 0.3) is 0 Å². The maximum atomic E-state index is 11.2. The van der Waals surface area contributed by atoms with E-state index in [1.807, 2.05) is 6.07 Å². The Bertz CT molecular complexity index is 575. The van der Waals surface area contributed by atoms with Crippen molar-refractivity contribution in [3.05, 3.63) is 35.9 Å². The fourth-order valence-electron chi connectivity index (χ4n) is 3.97. The van der Waals surface area contributed by atoms with E-state index < -0.39 is 41.2 Å². The fraction of sp³-hybridized carbons (Fsp3) is 0.625. The van der Waals surface area contributed by atoms with Crippen LogP contribution in [0.5, 0.6) is 0 Å². The molecule has 6 nitrogen and oxygen atoms in total. The summed E-state index contributed by atoms with van der Waals surface area (Å²) < 4.78 is 5.43. The highest BCUT2D eigenvalue weighted by Crippen LogP contribution is 2.75. The normalized spacial score (nSPS) is 43.7. The Kier molecular flexibility index (Phi) is 3.25. The van der Waals surface area contributed by atoms with Gasteiger partial charge in [-0.1, -0.05) is 44.2 Å². The van der Waals surface area contributed by atoms with Crippen molar-refractivity contribution in [2.75, 3.05) is 6.61 Å². The van der Waals surface area contributed by atoms with Crippen LogP contribution in [0.1, 0.15) is 19.4 Å². The van der Waals surface area contributed by atoms with Crippen molar-refractivity contribution in [1.82, 2.24) is 0 Å². The van der Waals surface area contributed by atoms with Crippen LogP contribution in [0.15, 0.2) is 30.3 Å². The molecule has 1 saturated heterocycles. The Morgan fingerprint density at radius 1 is 1.14 bits per heavy atom. The van der Waals surface area contributed by atoms with Crippen molar-refractivity contribution in [3.8, 4) is 0 Å². The van der Waals surface area contributed by atoms with Gasteiger partial charge >= 0.3 is 0 Å². The second-order valence-corrected chi connectivity index (χ2v) is 6.85. The highest BCUT2D eigenvalue weighted by Gasteiger charge is 2.96. The predicted octanol–water partition coefficient (Wildman–Crippen LogP) is -0.828. The van der Waals surface area contributed by atoms with Crippen LogP contribution in [0.25, 0.3) is 0 Å². The molecule has 0 unspecified atom stereocenters. The molecule has 0 aromatic heterocycles. The lowest BCUT2D eigenvalue weighted by molar-refractivity contribution is -0.216. The minimum absolute atomic E-state index is 0.0161. The summed E-state index contributed by atoms with van der Waals surface area (Å²) in [5.41, 5.74) is -4.21.